The first-order valence-electron chi connectivity index (χ1n) is 7.30. The number of fused-ring (bicyclic) bond motifs is 5. The third-order valence-electron chi connectivity index (χ3n) is 4.76. The molecule has 4 atom stereocenters. The number of hydrogen-bond acceptors (Lipinski definition) is 5. The van der Waals surface area contributed by atoms with E-state index in [2.05, 4.69) is 14.9 Å². The quantitative estimate of drug-likeness (QED) is 0.840. The number of carboxylic acid groups (broad SMARTS) is 2. The van der Waals surface area contributed by atoms with E-state index in [4.69, 9.17) is 15.0 Å². The van der Waals surface area contributed by atoms with E-state index in [0.29, 0.717) is 6.04 Å². The molecular weight excluding hydrogens is 331 g/mol. The van der Waals surface area contributed by atoms with Crippen molar-refractivity contribution in [1.82, 2.24) is 9.97 Å². The van der Waals surface area contributed by atoms with Gasteiger partial charge in [-0.1, -0.05) is 0 Å². The van der Waals surface area contributed by atoms with Crippen molar-refractivity contribution in [2.24, 2.45) is 17.8 Å². The predicted molar refractivity (Wildman–Crippen MR) is 73.5 cm³/mol. The van der Waals surface area contributed by atoms with Gasteiger partial charge in [-0.2, -0.15) is 13.2 Å². The summed E-state index contributed by atoms with van der Waals surface area (Å²) >= 11 is 0. The third kappa shape index (κ3) is 3.00. The van der Waals surface area contributed by atoms with Crippen LogP contribution in [0.3, 0.4) is 0 Å². The summed E-state index contributed by atoms with van der Waals surface area (Å²) in [5.74, 6) is -0.252. The maximum atomic E-state index is 10.7. The summed E-state index contributed by atoms with van der Waals surface area (Å²) in [7, 11) is 0. The van der Waals surface area contributed by atoms with Gasteiger partial charge in [0, 0.05) is 12.6 Å². The summed E-state index contributed by atoms with van der Waals surface area (Å²) in [4.78, 5) is 30.1. The van der Waals surface area contributed by atoms with E-state index in [1.165, 1.54) is 19.0 Å². The van der Waals surface area contributed by atoms with Crippen molar-refractivity contribution < 1.29 is 33.0 Å². The highest BCUT2D eigenvalue weighted by Crippen LogP contribution is 2.61. The molecule has 0 radical (unpaired) electrons. The van der Waals surface area contributed by atoms with Crippen molar-refractivity contribution in [3.8, 4) is 0 Å². The normalized spacial score (nSPS) is 29.5. The minimum absolute atomic E-state index is 0.0161. The Kier molecular flexibility index (Phi) is 3.84. The Morgan fingerprint density at radius 3 is 2.21 bits per heavy atom. The highest BCUT2D eigenvalue weighted by molar-refractivity contribution is 5.84. The molecule has 2 aliphatic carbocycles. The second kappa shape index (κ2) is 5.60. The molecule has 2 saturated carbocycles. The van der Waals surface area contributed by atoms with Crippen molar-refractivity contribution in [2.45, 2.75) is 25.1 Å². The summed E-state index contributed by atoms with van der Waals surface area (Å²) in [6, 6.07) is 0.634. The van der Waals surface area contributed by atoms with Crippen LogP contribution in [0.2, 0.25) is 0 Å². The molecule has 0 spiro atoms. The zero-order valence-electron chi connectivity index (χ0n) is 12.3. The van der Waals surface area contributed by atoms with E-state index in [-0.39, 0.29) is 5.69 Å². The molecular formula is C14H14F3N3O4. The van der Waals surface area contributed by atoms with Crippen LogP contribution in [0.5, 0.6) is 0 Å². The van der Waals surface area contributed by atoms with Crippen LogP contribution < -0.4 is 4.90 Å². The predicted octanol–water partition coefficient (Wildman–Crippen LogP) is 1.65. The van der Waals surface area contributed by atoms with Crippen molar-refractivity contribution in [1.29, 1.82) is 0 Å². The SMILES string of the molecule is O=C(O)C(F)(F)F.O=C(O)c1cnc(N2C[C@@H]3C[C@H]2[C@H]2C[C@@H]32)cn1. The molecule has 1 saturated heterocycles. The summed E-state index contributed by atoms with van der Waals surface area (Å²) < 4.78 is 31.7. The molecule has 4 rings (SSSR count). The van der Waals surface area contributed by atoms with Crippen LogP contribution in [0.25, 0.3) is 0 Å². The molecule has 130 valence electrons. The van der Waals surface area contributed by atoms with Crippen molar-refractivity contribution >= 4 is 17.8 Å². The number of hydrogen-bond donors (Lipinski definition) is 2. The Bertz CT molecular complexity index is 664. The minimum Gasteiger partial charge on any atom is -0.476 e. The van der Waals surface area contributed by atoms with Crippen LogP contribution in [-0.4, -0.2) is 50.9 Å². The van der Waals surface area contributed by atoms with Gasteiger partial charge in [0.05, 0.1) is 12.4 Å². The summed E-state index contributed by atoms with van der Waals surface area (Å²) in [6.45, 7) is 1.08. The smallest absolute Gasteiger partial charge is 0.476 e. The number of rotatable bonds is 2. The number of aliphatic carboxylic acids is 1. The van der Waals surface area contributed by atoms with E-state index in [1.54, 1.807) is 6.20 Å². The molecule has 1 aromatic rings. The van der Waals surface area contributed by atoms with Crippen molar-refractivity contribution in [2.75, 3.05) is 11.4 Å². The molecule has 0 aromatic carbocycles. The number of piperidine rings is 1. The number of alkyl halides is 3. The molecule has 10 heteroatoms. The van der Waals surface area contributed by atoms with Gasteiger partial charge in [0.15, 0.2) is 5.69 Å². The first-order chi connectivity index (χ1) is 11.2. The van der Waals surface area contributed by atoms with Gasteiger partial charge in [-0.15, -0.1) is 0 Å². The van der Waals surface area contributed by atoms with E-state index in [1.807, 2.05) is 0 Å². The van der Waals surface area contributed by atoms with Crippen LogP contribution in [0, 0.1) is 17.8 Å². The van der Waals surface area contributed by atoms with Crippen LogP contribution >= 0.6 is 0 Å². The number of aromatic carboxylic acids is 1. The number of aromatic nitrogens is 2. The lowest BCUT2D eigenvalue weighted by molar-refractivity contribution is -0.192. The minimum atomic E-state index is -5.08. The third-order valence-corrected chi connectivity index (χ3v) is 4.76. The monoisotopic (exact) mass is 345 g/mol. The summed E-state index contributed by atoms with van der Waals surface area (Å²) in [5, 5.41) is 15.9. The Morgan fingerprint density at radius 2 is 1.79 bits per heavy atom. The largest absolute Gasteiger partial charge is 0.490 e. The summed E-state index contributed by atoms with van der Waals surface area (Å²) in [5.41, 5.74) is 0.0161. The first-order valence-corrected chi connectivity index (χ1v) is 7.30. The number of carbonyl (C=O) groups is 2. The van der Waals surface area contributed by atoms with E-state index in [0.717, 1.165) is 30.1 Å². The number of nitrogens with zero attached hydrogens (tertiary/aromatic N) is 3. The van der Waals surface area contributed by atoms with Gasteiger partial charge in [-0.05, 0) is 30.6 Å². The highest BCUT2D eigenvalue weighted by atomic mass is 19.4. The Balaban J connectivity index is 0.000000209. The molecule has 3 aliphatic rings. The molecule has 2 N–H and O–H groups in total. The molecule has 24 heavy (non-hydrogen) atoms. The van der Waals surface area contributed by atoms with Crippen LogP contribution in [0.15, 0.2) is 12.4 Å². The fourth-order valence-electron chi connectivity index (χ4n) is 3.68. The lowest BCUT2D eigenvalue weighted by Crippen LogP contribution is -2.34. The molecule has 3 fully saturated rings. The standard InChI is InChI=1S/C12H13N3O2.C2HF3O2/c16-12(17)9-3-14-11(4-13-9)15-5-6-1-10(15)8-2-7(6)8;3-2(4,5)1(6)7/h3-4,6-8,10H,1-2,5H2,(H,16,17);(H,6,7)/t6-,7-,8-,10-;/m0./s1. The van der Waals surface area contributed by atoms with Crippen molar-refractivity contribution in [3.63, 3.8) is 0 Å². The Morgan fingerprint density at radius 1 is 1.12 bits per heavy atom. The highest BCUT2D eigenvalue weighted by Gasteiger charge is 2.60. The molecule has 2 bridgehead atoms. The van der Waals surface area contributed by atoms with Crippen LogP contribution in [0.4, 0.5) is 19.0 Å². The van der Waals surface area contributed by atoms with E-state index >= 15 is 0 Å². The number of anilines is 1. The van der Waals surface area contributed by atoms with E-state index in [9.17, 15) is 18.0 Å². The first kappa shape index (κ1) is 16.5. The topological polar surface area (TPSA) is 104 Å². The van der Waals surface area contributed by atoms with Gasteiger partial charge in [0.25, 0.3) is 0 Å². The molecule has 1 aromatic heterocycles. The second-order valence-corrected chi connectivity index (χ2v) is 6.15. The molecule has 0 amide bonds. The summed E-state index contributed by atoms with van der Waals surface area (Å²) in [6.07, 6.45) is 0.541. The Hall–Kier alpha value is -2.39. The molecule has 7 nitrogen and oxygen atoms in total. The van der Waals surface area contributed by atoms with Crippen LogP contribution in [-0.2, 0) is 4.79 Å². The fraction of sp³-hybridized carbons (Fsp3) is 0.571. The van der Waals surface area contributed by atoms with Crippen molar-refractivity contribution in [3.05, 3.63) is 18.1 Å². The molecule has 2 heterocycles. The maximum Gasteiger partial charge on any atom is 0.490 e. The van der Waals surface area contributed by atoms with Gasteiger partial charge in [0.1, 0.15) is 5.82 Å². The van der Waals surface area contributed by atoms with Gasteiger partial charge in [-0.3, -0.25) is 0 Å². The molecule has 0 unspecified atom stereocenters. The zero-order chi connectivity index (χ0) is 17.6. The number of halogens is 3. The lowest BCUT2D eigenvalue weighted by Gasteiger charge is -2.27. The van der Waals surface area contributed by atoms with Gasteiger partial charge >= 0.3 is 18.1 Å². The lowest BCUT2D eigenvalue weighted by atomic mass is 10.1. The fourth-order valence-corrected chi connectivity index (χ4v) is 3.68. The maximum absolute atomic E-state index is 10.7. The average molecular weight is 345 g/mol. The second-order valence-electron chi connectivity index (χ2n) is 6.15. The van der Waals surface area contributed by atoms with Gasteiger partial charge in [0.2, 0.25) is 0 Å². The zero-order valence-corrected chi connectivity index (χ0v) is 12.3. The van der Waals surface area contributed by atoms with Crippen LogP contribution in [0.1, 0.15) is 23.3 Å². The van der Waals surface area contributed by atoms with Gasteiger partial charge < -0.3 is 15.1 Å². The van der Waals surface area contributed by atoms with E-state index < -0.39 is 18.1 Å². The molecule has 1 aliphatic heterocycles. The number of carboxylic acids is 2. The average Bonchev–Trinajstić information content (AvgIpc) is 3.11. The Labute approximate surface area is 134 Å². The van der Waals surface area contributed by atoms with Gasteiger partial charge in [-0.25, -0.2) is 19.6 Å².